The van der Waals surface area contributed by atoms with Crippen molar-refractivity contribution in [2.45, 2.75) is 39.2 Å². The second-order valence-corrected chi connectivity index (χ2v) is 13.8. The van der Waals surface area contributed by atoms with Crippen LogP contribution in [0.1, 0.15) is 50.3 Å². The first-order valence-corrected chi connectivity index (χ1v) is 18.0. The Balaban J connectivity index is 1.37. The fraction of sp³-hybridized carbons (Fsp3) is 0.412. The minimum atomic E-state index is -0.782. The van der Waals surface area contributed by atoms with Gasteiger partial charge in [-0.15, -0.1) is 34.9 Å². The second-order valence-electron chi connectivity index (χ2n) is 10.3. The lowest BCUT2D eigenvalue weighted by molar-refractivity contribution is 0.183. The summed E-state index contributed by atoms with van der Waals surface area (Å²) in [4.78, 5) is 3.53. The maximum absolute atomic E-state index is 11.8. The Labute approximate surface area is 262 Å². The summed E-state index contributed by atoms with van der Waals surface area (Å²) in [5.74, 6) is 5.83. The number of aliphatic hydroxyl groups excluding tert-OH is 1. The summed E-state index contributed by atoms with van der Waals surface area (Å²) >= 11 is 5.19. The first-order valence-electron chi connectivity index (χ1n) is 14.9. The van der Waals surface area contributed by atoms with Gasteiger partial charge in [0.2, 0.25) is 0 Å². The van der Waals surface area contributed by atoms with Gasteiger partial charge in [0.25, 0.3) is 0 Å². The third-order valence-electron chi connectivity index (χ3n) is 7.44. The molecule has 5 nitrogen and oxygen atoms in total. The number of benzene rings is 3. The predicted octanol–water partition coefficient (Wildman–Crippen LogP) is 8.69. The van der Waals surface area contributed by atoms with E-state index in [9.17, 15) is 5.11 Å². The fourth-order valence-electron chi connectivity index (χ4n) is 5.15. The van der Waals surface area contributed by atoms with E-state index in [1.165, 1.54) is 32.4 Å². The van der Waals surface area contributed by atoms with Crippen LogP contribution in [-0.2, 0) is 0 Å². The van der Waals surface area contributed by atoms with Crippen LogP contribution in [0.4, 0.5) is 0 Å². The van der Waals surface area contributed by atoms with Gasteiger partial charge < -0.3 is 19.3 Å². The molecule has 1 fully saturated rings. The molecular weight excluding hydrogens is 583 g/mol. The standard InChI is InChI=1S/C34H41NO4S3/c1-3-40-23-38-28-14-10-26(11-15-28)34-32(30-17-16-29(22-31(30)42-34)39-24-41-4-2)33(36)25-8-12-27(13-9-25)37-21-20-35-18-6-5-7-19-35/h8-17,22,33,36H,3-7,18-21,23-24H2,1-2H3. The third-order valence-corrected chi connectivity index (χ3v) is 10.0. The number of piperidine rings is 1. The Morgan fingerprint density at radius 2 is 1.40 bits per heavy atom. The minimum absolute atomic E-state index is 0.625. The minimum Gasteiger partial charge on any atom is -0.492 e. The molecule has 1 atom stereocenters. The van der Waals surface area contributed by atoms with Crippen molar-refractivity contribution >= 4 is 44.9 Å². The normalized spacial score (nSPS) is 14.6. The molecule has 1 aliphatic heterocycles. The number of thiophene rings is 1. The number of likely N-dealkylation sites (tertiary alicyclic amines) is 1. The molecule has 0 aliphatic carbocycles. The highest BCUT2D eigenvalue weighted by atomic mass is 32.2. The van der Waals surface area contributed by atoms with E-state index in [2.05, 4.69) is 43.0 Å². The van der Waals surface area contributed by atoms with E-state index < -0.39 is 6.10 Å². The molecular formula is C34H41NO4S3. The zero-order chi connectivity index (χ0) is 29.1. The zero-order valence-corrected chi connectivity index (χ0v) is 27.0. The Hall–Kier alpha value is -2.36. The summed E-state index contributed by atoms with van der Waals surface area (Å²) in [6.07, 6.45) is 3.13. The van der Waals surface area contributed by atoms with Gasteiger partial charge in [0.15, 0.2) is 0 Å². The Kier molecular flexibility index (Phi) is 11.8. The molecule has 2 heterocycles. The molecule has 1 N–H and O–H groups in total. The van der Waals surface area contributed by atoms with Gasteiger partial charge >= 0.3 is 0 Å². The maximum Gasteiger partial charge on any atom is 0.134 e. The second kappa shape index (κ2) is 15.9. The summed E-state index contributed by atoms with van der Waals surface area (Å²) in [7, 11) is 0. The SMILES string of the molecule is CCSCOc1ccc(-c2sc3cc(OCSCC)ccc3c2C(O)c2ccc(OCCN3CCCCC3)cc2)cc1. The highest BCUT2D eigenvalue weighted by Crippen LogP contribution is 2.45. The van der Waals surface area contributed by atoms with E-state index in [1.54, 1.807) is 34.9 Å². The highest BCUT2D eigenvalue weighted by Gasteiger charge is 2.23. The lowest BCUT2D eigenvalue weighted by Crippen LogP contribution is -2.33. The molecule has 42 heavy (non-hydrogen) atoms. The van der Waals surface area contributed by atoms with Gasteiger partial charge in [-0.1, -0.05) is 32.4 Å². The van der Waals surface area contributed by atoms with Crippen LogP contribution >= 0.6 is 34.9 Å². The van der Waals surface area contributed by atoms with Crippen LogP contribution in [-0.4, -0.2) is 59.6 Å². The van der Waals surface area contributed by atoms with Crippen LogP contribution in [0.5, 0.6) is 17.2 Å². The van der Waals surface area contributed by atoms with Crippen LogP contribution in [0.15, 0.2) is 66.7 Å². The van der Waals surface area contributed by atoms with Crippen molar-refractivity contribution in [1.29, 1.82) is 0 Å². The van der Waals surface area contributed by atoms with Crippen LogP contribution < -0.4 is 14.2 Å². The van der Waals surface area contributed by atoms with Crippen molar-refractivity contribution < 1.29 is 19.3 Å². The summed E-state index contributed by atoms with van der Waals surface area (Å²) in [5.41, 5.74) is 2.82. The molecule has 4 aromatic rings. The number of hydrogen-bond donors (Lipinski definition) is 1. The first-order chi connectivity index (χ1) is 20.7. The number of fused-ring (bicyclic) bond motifs is 1. The summed E-state index contributed by atoms with van der Waals surface area (Å²) in [5, 5.41) is 12.8. The average molecular weight is 624 g/mol. The van der Waals surface area contributed by atoms with Gasteiger partial charge in [-0.3, -0.25) is 4.90 Å². The summed E-state index contributed by atoms with van der Waals surface area (Å²) in [6, 6.07) is 22.3. The van der Waals surface area contributed by atoms with Crippen LogP contribution in [0, 0.1) is 0 Å². The molecule has 1 aromatic heterocycles. The summed E-state index contributed by atoms with van der Waals surface area (Å²) in [6.45, 7) is 8.23. The van der Waals surface area contributed by atoms with E-state index in [4.69, 9.17) is 14.2 Å². The number of rotatable bonds is 15. The molecule has 0 amide bonds. The molecule has 8 heteroatoms. The van der Waals surface area contributed by atoms with Crippen molar-refractivity contribution in [3.63, 3.8) is 0 Å². The van der Waals surface area contributed by atoms with Gasteiger partial charge in [0, 0.05) is 21.7 Å². The van der Waals surface area contributed by atoms with E-state index in [0.717, 1.165) is 67.0 Å². The fourth-order valence-corrected chi connectivity index (χ4v) is 7.19. The van der Waals surface area contributed by atoms with Crippen LogP contribution in [0.3, 0.4) is 0 Å². The Morgan fingerprint density at radius 1 is 0.786 bits per heavy atom. The highest BCUT2D eigenvalue weighted by molar-refractivity contribution is 7.99. The molecule has 0 spiro atoms. The van der Waals surface area contributed by atoms with Crippen LogP contribution in [0.2, 0.25) is 0 Å². The number of hydrogen-bond acceptors (Lipinski definition) is 8. The number of ether oxygens (including phenoxy) is 3. The van der Waals surface area contributed by atoms with Crippen molar-refractivity contribution in [2.75, 3.05) is 49.6 Å². The number of nitrogens with zero attached hydrogens (tertiary/aromatic N) is 1. The van der Waals surface area contributed by atoms with Gasteiger partial charge in [-0.2, -0.15) is 0 Å². The van der Waals surface area contributed by atoms with Gasteiger partial charge in [0.1, 0.15) is 41.8 Å². The van der Waals surface area contributed by atoms with Crippen molar-refractivity contribution in [3.8, 4) is 27.7 Å². The smallest absolute Gasteiger partial charge is 0.134 e. The molecule has 0 bridgehead atoms. The number of thioether (sulfide) groups is 2. The van der Waals surface area contributed by atoms with Crippen molar-refractivity contribution in [1.82, 2.24) is 4.90 Å². The molecule has 0 saturated carbocycles. The molecule has 1 aliphatic rings. The maximum atomic E-state index is 11.8. The zero-order valence-electron chi connectivity index (χ0n) is 24.6. The van der Waals surface area contributed by atoms with E-state index in [1.807, 2.05) is 42.5 Å². The lowest BCUT2D eigenvalue weighted by atomic mass is 9.96. The molecule has 5 rings (SSSR count). The molecule has 224 valence electrons. The van der Waals surface area contributed by atoms with Crippen molar-refractivity contribution in [3.05, 3.63) is 77.9 Å². The quantitative estimate of drug-likeness (QED) is 0.105. The Bertz CT molecular complexity index is 1380. The average Bonchev–Trinajstić information content (AvgIpc) is 3.41. The molecule has 1 unspecified atom stereocenters. The van der Waals surface area contributed by atoms with E-state index >= 15 is 0 Å². The first kappa shape index (κ1) is 31.1. The Morgan fingerprint density at radius 3 is 2.10 bits per heavy atom. The lowest BCUT2D eigenvalue weighted by Gasteiger charge is -2.26. The van der Waals surface area contributed by atoms with Crippen molar-refractivity contribution in [2.24, 2.45) is 0 Å². The van der Waals surface area contributed by atoms with Crippen LogP contribution in [0.25, 0.3) is 20.5 Å². The van der Waals surface area contributed by atoms with E-state index in [-0.39, 0.29) is 0 Å². The molecule has 0 radical (unpaired) electrons. The predicted molar refractivity (Wildman–Crippen MR) is 181 cm³/mol. The molecule has 3 aromatic carbocycles. The van der Waals surface area contributed by atoms with E-state index in [0.29, 0.717) is 18.5 Å². The summed E-state index contributed by atoms with van der Waals surface area (Å²) < 4.78 is 19.0. The number of aliphatic hydroxyl groups is 1. The third kappa shape index (κ3) is 8.17. The van der Waals surface area contributed by atoms with Gasteiger partial charge in [0.05, 0.1) is 0 Å². The monoisotopic (exact) mass is 623 g/mol. The molecule has 1 saturated heterocycles. The largest absolute Gasteiger partial charge is 0.492 e. The topological polar surface area (TPSA) is 51.2 Å². The van der Waals surface area contributed by atoms with Gasteiger partial charge in [-0.05, 0) is 109 Å². The van der Waals surface area contributed by atoms with Gasteiger partial charge in [-0.25, -0.2) is 0 Å².